The molecule has 4 N–H and O–H groups in total. The van der Waals surface area contributed by atoms with E-state index < -0.39 is 0 Å². The van der Waals surface area contributed by atoms with Crippen molar-refractivity contribution in [3.8, 4) is 0 Å². The number of rotatable bonds is 11. The summed E-state index contributed by atoms with van der Waals surface area (Å²) < 4.78 is 10.9. The van der Waals surface area contributed by atoms with Crippen molar-refractivity contribution in [2.75, 3.05) is 44.8 Å². The Balaban J connectivity index is 1.42. The second kappa shape index (κ2) is 10.5. The van der Waals surface area contributed by atoms with E-state index in [4.69, 9.17) is 15.2 Å². The van der Waals surface area contributed by atoms with E-state index in [9.17, 15) is 9.59 Å². The van der Waals surface area contributed by atoms with Crippen LogP contribution in [0.5, 0.6) is 0 Å². The first-order valence-corrected chi connectivity index (χ1v) is 9.97. The summed E-state index contributed by atoms with van der Waals surface area (Å²) >= 11 is 0. The van der Waals surface area contributed by atoms with Crippen molar-refractivity contribution in [3.63, 3.8) is 0 Å². The van der Waals surface area contributed by atoms with Crippen molar-refractivity contribution < 1.29 is 19.1 Å². The first kappa shape index (κ1) is 20.7. The van der Waals surface area contributed by atoms with E-state index in [2.05, 4.69) is 27.7 Å². The number of carbonyl (C=O) groups is 2. The van der Waals surface area contributed by atoms with E-state index in [1.807, 2.05) is 6.07 Å². The molecule has 1 aromatic carbocycles. The SMILES string of the molecule is NCCOCCCOCCNc1cccc2c1CN(C1CCC(=O)NC1=O)C2. The molecule has 0 spiro atoms. The Hall–Kier alpha value is -2.00. The number of benzene rings is 1. The van der Waals surface area contributed by atoms with Gasteiger partial charge in [-0.05, 0) is 30.0 Å². The van der Waals surface area contributed by atoms with Crippen LogP contribution in [0.1, 0.15) is 30.4 Å². The minimum atomic E-state index is -0.234. The smallest absolute Gasteiger partial charge is 0.243 e. The molecule has 2 aliphatic rings. The van der Waals surface area contributed by atoms with Gasteiger partial charge in [-0.1, -0.05) is 12.1 Å². The highest BCUT2D eigenvalue weighted by molar-refractivity contribution is 6.00. The van der Waals surface area contributed by atoms with Gasteiger partial charge in [-0.15, -0.1) is 0 Å². The van der Waals surface area contributed by atoms with Gasteiger partial charge in [0.1, 0.15) is 0 Å². The van der Waals surface area contributed by atoms with Gasteiger partial charge in [-0.25, -0.2) is 0 Å². The molecule has 2 heterocycles. The van der Waals surface area contributed by atoms with Gasteiger partial charge in [0.25, 0.3) is 0 Å². The number of amides is 2. The number of nitrogens with zero attached hydrogens (tertiary/aromatic N) is 1. The number of imide groups is 1. The number of fused-ring (bicyclic) bond motifs is 1. The molecule has 28 heavy (non-hydrogen) atoms. The quantitative estimate of drug-likeness (QED) is 0.375. The van der Waals surface area contributed by atoms with Crippen LogP contribution in [-0.2, 0) is 32.2 Å². The number of nitrogens with one attached hydrogen (secondary N) is 2. The van der Waals surface area contributed by atoms with Crippen LogP contribution in [0.25, 0.3) is 0 Å². The fourth-order valence-corrected chi connectivity index (χ4v) is 3.67. The van der Waals surface area contributed by atoms with Crippen molar-refractivity contribution in [3.05, 3.63) is 29.3 Å². The predicted molar refractivity (Wildman–Crippen MR) is 106 cm³/mol. The maximum atomic E-state index is 12.2. The lowest BCUT2D eigenvalue weighted by Gasteiger charge is -2.29. The molecule has 0 radical (unpaired) electrons. The minimum Gasteiger partial charge on any atom is -0.382 e. The highest BCUT2D eigenvalue weighted by atomic mass is 16.5. The maximum Gasteiger partial charge on any atom is 0.243 e. The van der Waals surface area contributed by atoms with Crippen LogP contribution in [0.4, 0.5) is 5.69 Å². The Bertz CT molecular complexity index is 682. The van der Waals surface area contributed by atoms with E-state index >= 15 is 0 Å². The van der Waals surface area contributed by atoms with Gasteiger partial charge in [-0.3, -0.25) is 19.8 Å². The molecule has 1 fully saturated rings. The fourth-order valence-electron chi connectivity index (χ4n) is 3.67. The molecule has 1 aromatic rings. The molecule has 1 unspecified atom stereocenters. The van der Waals surface area contributed by atoms with Crippen LogP contribution >= 0.6 is 0 Å². The zero-order valence-electron chi connectivity index (χ0n) is 16.2. The average Bonchev–Trinajstić information content (AvgIpc) is 3.11. The number of hydrogen-bond acceptors (Lipinski definition) is 7. The molecule has 0 aliphatic carbocycles. The van der Waals surface area contributed by atoms with Crippen molar-refractivity contribution in [1.82, 2.24) is 10.2 Å². The molecule has 3 rings (SSSR count). The van der Waals surface area contributed by atoms with Crippen LogP contribution in [0, 0.1) is 0 Å². The zero-order chi connectivity index (χ0) is 19.8. The molecule has 0 bridgehead atoms. The molecule has 8 heteroatoms. The van der Waals surface area contributed by atoms with Gasteiger partial charge in [0.15, 0.2) is 0 Å². The van der Waals surface area contributed by atoms with E-state index in [0.29, 0.717) is 52.4 Å². The number of nitrogens with two attached hydrogens (primary N) is 1. The Morgan fingerprint density at radius 2 is 1.96 bits per heavy atom. The Labute approximate surface area is 165 Å². The van der Waals surface area contributed by atoms with Crippen LogP contribution < -0.4 is 16.4 Å². The average molecular weight is 390 g/mol. The third kappa shape index (κ3) is 5.51. The molecule has 1 atom stereocenters. The molecule has 154 valence electrons. The molecule has 2 amide bonds. The maximum absolute atomic E-state index is 12.2. The van der Waals surface area contributed by atoms with Crippen molar-refractivity contribution in [2.45, 2.75) is 38.4 Å². The van der Waals surface area contributed by atoms with Crippen LogP contribution in [0.15, 0.2) is 18.2 Å². The summed E-state index contributed by atoms with van der Waals surface area (Å²) in [5.74, 6) is -0.353. The molecule has 1 saturated heterocycles. The summed E-state index contributed by atoms with van der Waals surface area (Å²) in [5, 5.41) is 5.89. The number of hydrogen-bond donors (Lipinski definition) is 3. The molecule has 2 aliphatic heterocycles. The third-order valence-electron chi connectivity index (χ3n) is 5.06. The van der Waals surface area contributed by atoms with Gasteiger partial charge < -0.3 is 20.5 Å². The lowest BCUT2D eigenvalue weighted by Crippen LogP contribution is -2.50. The minimum absolute atomic E-state index is 0.175. The summed E-state index contributed by atoms with van der Waals surface area (Å²) in [7, 11) is 0. The van der Waals surface area contributed by atoms with Crippen molar-refractivity contribution in [2.24, 2.45) is 5.73 Å². The van der Waals surface area contributed by atoms with Crippen molar-refractivity contribution >= 4 is 17.5 Å². The zero-order valence-corrected chi connectivity index (χ0v) is 16.2. The summed E-state index contributed by atoms with van der Waals surface area (Å²) in [4.78, 5) is 25.7. The normalized spacial score (nSPS) is 19.5. The Kier molecular flexibility index (Phi) is 7.79. The number of carbonyl (C=O) groups excluding carboxylic acids is 2. The summed E-state index contributed by atoms with van der Waals surface area (Å²) in [6.07, 6.45) is 1.86. The van der Waals surface area contributed by atoms with E-state index in [-0.39, 0.29) is 17.9 Å². The van der Waals surface area contributed by atoms with Gasteiger partial charge >= 0.3 is 0 Å². The molecular weight excluding hydrogens is 360 g/mol. The first-order chi connectivity index (χ1) is 13.7. The second-order valence-electron chi connectivity index (χ2n) is 7.11. The third-order valence-corrected chi connectivity index (χ3v) is 5.06. The standard InChI is InChI=1S/C20H30N4O4/c21-7-11-27-9-2-10-28-12-8-22-17-4-1-3-15-13-24(14-16(15)17)18-5-6-19(25)23-20(18)26/h1,3-4,18,22H,2,5-14,21H2,(H,23,25,26). The summed E-state index contributed by atoms with van der Waals surface area (Å²) in [5.41, 5.74) is 8.90. The molecule has 0 aromatic heterocycles. The summed E-state index contributed by atoms with van der Waals surface area (Å²) in [6, 6.07) is 5.96. The lowest BCUT2D eigenvalue weighted by atomic mass is 10.0. The largest absolute Gasteiger partial charge is 0.382 e. The number of ether oxygens (including phenoxy) is 2. The van der Waals surface area contributed by atoms with Crippen LogP contribution in [0.2, 0.25) is 0 Å². The second-order valence-corrected chi connectivity index (χ2v) is 7.11. The fraction of sp³-hybridized carbons (Fsp3) is 0.600. The van der Waals surface area contributed by atoms with Crippen LogP contribution in [-0.4, -0.2) is 62.3 Å². The lowest BCUT2D eigenvalue weighted by molar-refractivity contribution is -0.137. The van der Waals surface area contributed by atoms with Crippen molar-refractivity contribution in [1.29, 1.82) is 0 Å². The first-order valence-electron chi connectivity index (χ1n) is 9.97. The topological polar surface area (TPSA) is 106 Å². The highest BCUT2D eigenvalue weighted by Crippen LogP contribution is 2.32. The Morgan fingerprint density at radius 3 is 2.75 bits per heavy atom. The van der Waals surface area contributed by atoms with Gasteiger partial charge in [0, 0.05) is 51.5 Å². The predicted octanol–water partition coefficient (Wildman–Crippen LogP) is 0.601. The number of anilines is 1. The van der Waals surface area contributed by atoms with E-state index in [0.717, 1.165) is 25.2 Å². The van der Waals surface area contributed by atoms with Gasteiger partial charge in [0.2, 0.25) is 11.8 Å². The van der Waals surface area contributed by atoms with Crippen LogP contribution in [0.3, 0.4) is 0 Å². The van der Waals surface area contributed by atoms with E-state index in [1.54, 1.807) is 0 Å². The van der Waals surface area contributed by atoms with Gasteiger partial charge in [0.05, 0.1) is 19.3 Å². The molecule has 8 nitrogen and oxygen atoms in total. The monoisotopic (exact) mass is 390 g/mol. The molecular formula is C20H30N4O4. The van der Waals surface area contributed by atoms with E-state index in [1.165, 1.54) is 11.1 Å². The summed E-state index contributed by atoms with van der Waals surface area (Å²) in [6.45, 7) is 5.27. The van der Waals surface area contributed by atoms with Gasteiger partial charge in [-0.2, -0.15) is 0 Å². The number of piperidine rings is 1. The molecule has 0 saturated carbocycles. The Morgan fingerprint density at radius 1 is 1.14 bits per heavy atom. The highest BCUT2D eigenvalue weighted by Gasteiger charge is 2.35.